The van der Waals surface area contributed by atoms with Crippen LogP contribution >= 0.6 is 0 Å². The van der Waals surface area contributed by atoms with Crippen molar-refractivity contribution >= 4 is 15.7 Å². The van der Waals surface area contributed by atoms with Crippen LogP contribution in [0.2, 0.25) is 0 Å². The molecule has 1 N–H and O–H groups in total. The van der Waals surface area contributed by atoms with Crippen LogP contribution < -0.4 is 4.72 Å². The number of benzene rings is 2. The van der Waals surface area contributed by atoms with E-state index in [-0.39, 0.29) is 22.0 Å². The zero-order valence-corrected chi connectivity index (χ0v) is 17.6. The number of hydrogen-bond donors (Lipinski definition) is 1. The van der Waals surface area contributed by atoms with Gasteiger partial charge in [0.25, 0.3) is 10.0 Å². The minimum absolute atomic E-state index is 0.00961. The Morgan fingerprint density at radius 1 is 1.00 bits per heavy atom. The average Bonchev–Trinajstić information content (AvgIpc) is 2.91. The van der Waals surface area contributed by atoms with E-state index in [4.69, 9.17) is 0 Å². The van der Waals surface area contributed by atoms with Gasteiger partial charge in [0.05, 0.1) is 16.1 Å². The summed E-state index contributed by atoms with van der Waals surface area (Å²) in [7, 11) is -4.06. The average molecular weight is 432 g/mol. The van der Waals surface area contributed by atoms with E-state index in [9.17, 15) is 17.2 Å². The highest BCUT2D eigenvalue weighted by Gasteiger charge is 2.23. The lowest BCUT2D eigenvalue weighted by atomic mass is 10.1. The lowest BCUT2D eigenvalue weighted by Gasteiger charge is -2.14. The molecule has 0 saturated heterocycles. The molecule has 0 radical (unpaired) electrons. The highest BCUT2D eigenvalue weighted by Crippen LogP contribution is 2.31. The Hall–Kier alpha value is -2.81. The van der Waals surface area contributed by atoms with Crippen LogP contribution in [0, 0.1) is 25.5 Å². The maximum absolute atomic E-state index is 14.6. The molecular formula is C21H22F2N4O2S. The standard InChI is InChI=1S/C21H22F2N4O2S/c1-13-7-8-19(14(2)10-13)30(28,29)26-18-11-15(16(22)12-17(18)23)21-25-24-20-6-4-3-5-9-27(20)21/h7-8,10-12,26H,3-6,9H2,1-2H3. The molecular weight excluding hydrogens is 410 g/mol. The van der Waals surface area contributed by atoms with Crippen molar-refractivity contribution in [3.8, 4) is 11.4 Å². The maximum atomic E-state index is 14.6. The van der Waals surface area contributed by atoms with E-state index in [1.165, 1.54) is 6.07 Å². The molecule has 30 heavy (non-hydrogen) atoms. The van der Waals surface area contributed by atoms with Gasteiger partial charge in [-0.1, -0.05) is 24.1 Å². The molecule has 2 heterocycles. The van der Waals surface area contributed by atoms with Gasteiger partial charge in [-0.25, -0.2) is 17.2 Å². The summed E-state index contributed by atoms with van der Waals surface area (Å²) < 4.78 is 58.9. The molecule has 0 fully saturated rings. The van der Waals surface area contributed by atoms with E-state index in [2.05, 4.69) is 14.9 Å². The zero-order chi connectivity index (χ0) is 21.5. The summed E-state index contributed by atoms with van der Waals surface area (Å²) in [4.78, 5) is 0.0368. The molecule has 0 atom stereocenters. The van der Waals surface area contributed by atoms with Gasteiger partial charge in [-0.05, 0) is 44.4 Å². The van der Waals surface area contributed by atoms with Crippen molar-refractivity contribution in [2.75, 3.05) is 4.72 Å². The number of hydrogen-bond acceptors (Lipinski definition) is 4. The molecule has 0 saturated carbocycles. The minimum Gasteiger partial charge on any atom is -0.311 e. The Labute approximate surface area is 174 Å². The van der Waals surface area contributed by atoms with Crippen molar-refractivity contribution in [3.05, 3.63) is 58.9 Å². The molecule has 1 aromatic heterocycles. The summed E-state index contributed by atoms with van der Waals surface area (Å²) in [5.41, 5.74) is 1.12. The molecule has 4 rings (SSSR count). The monoisotopic (exact) mass is 432 g/mol. The smallest absolute Gasteiger partial charge is 0.262 e. The lowest BCUT2D eigenvalue weighted by Crippen LogP contribution is -2.16. The fourth-order valence-corrected chi connectivity index (χ4v) is 5.07. The summed E-state index contributed by atoms with van der Waals surface area (Å²) in [5, 5.41) is 8.24. The van der Waals surface area contributed by atoms with Crippen LogP contribution in [-0.2, 0) is 23.0 Å². The van der Waals surface area contributed by atoms with E-state index in [1.54, 1.807) is 19.1 Å². The molecule has 158 valence electrons. The minimum atomic E-state index is -4.06. The molecule has 6 nitrogen and oxygen atoms in total. The van der Waals surface area contributed by atoms with Crippen molar-refractivity contribution in [1.29, 1.82) is 0 Å². The first-order chi connectivity index (χ1) is 14.3. The van der Waals surface area contributed by atoms with Crippen molar-refractivity contribution in [2.45, 2.75) is 51.0 Å². The molecule has 1 aliphatic heterocycles. The van der Waals surface area contributed by atoms with Gasteiger partial charge in [-0.15, -0.1) is 10.2 Å². The molecule has 2 aromatic carbocycles. The third-order valence-corrected chi connectivity index (χ3v) is 6.80. The van der Waals surface area contributed by atoms with E-state index in [1.807, 2.05) is 11.5 Å². The molecule has 0 spiro atoms. The van der Waals surface area contributed by atoms with Gasteiger partial charge in [0.1, 0.15) is 17.5 Å². The van der Waals surface area contributed by atoms with Crippen LogP contribution in [0.1, 0.15) is 36.2 Å². The third kappa shape index (κ3) is 3.81. The number of rotatable bonds is 4. The lowest BCUT2D eigenvalue weighted by molar-refractivity contribution is 0.581. The highest BCUT2D eigenvalue weighted by atomic mass is 32.2. The van der Waals surface area contributed by atoms with Gasteiger partial charge in [0.2, 0.25) is 0 Å². The number of aromatic nitrogens is 3. The summed E-state index contributed by atoms with van der Waals surface area (Å²) >= 11 is 0. The van der Waals surface area contributed by atoms with E-state index >= 15 is 0 Å². The normalized spacial score (nSPS) is 14.3. The molecule has 3 aromatic rings. The van der Waals surface area contributed by atoms with E-state index in [0.29, 0.717) is 18.2 Å². The van der Waals surface area contributed by atoms with Crippen molar-refractivity contribution < 1.29 is 17.2 Å². The van der Waals surface area contributed by atoms with Crippen LogP contribution in [0.15, 0.2) is 35.2 Å². The van der Waals surface area contributed by atoms with Crippen molar-refractivity contribution in [2.24, 2.45) is 0 Å². The Morgan fingerprint density at radius 2 is 1.80 bits per heavy atom. The number of nitrogens with zero attached hydrogens (tertiary/aromatic N) is 3. The van der Waals surface area contributed by atoms with Gasteiger partial charge >= 0.3 is 0 Å². The Balaban J connectivity index is 1.75. The Kier molecular flexibility index (Phi) is 5.31. The van der Waals surface area contributed by atoms with Crippen LogP contribution in [0.4, 0.5) is 14.5 Å². The second kappa shape index (κ2) is 7.79. The molecule has 0 unspecified atom stereocenters. The first-order valence-corrected chi connectivity index (χ1v) is 11.3. The van der Waals surface area contributed by atoms with Crippen molar-refractivity contribution in [3.63, 3.8) is 0 Å². The first kappa shape index (κ1) is 20.5. The highest BCUT2D eigenvalue weighted by molar-refractivity contribution is 7.92. The largest absolute Gasteiger partial charge is 0.311 e. The number of nitrogens with one attached hydrogen (secondary N) is 1. The zero-order valence-electron chi connectivity index (χ0n) is 16.7. The SMILES string of the molecule is Cc1ccc(S(=O)(=O)Nc2cc(-c3nnc4n3CCCCC4)c(F)cc2F)c(C)c1. The summed E-state index contributed by atoms with van der Waals surface area (Å²) in [5.74, 6) is -0.790. The van der Waals surface area contributed by atoms with Gasteiger partial charge in [-0.2, -0.15) is 0 Å². The van der Waals surface area contributed by atoms with Gasteiger partial charge < -0.3 is 4.57 Å². The number of fused-ring (bicyclic) bond motifs is 1. The number of anilines is 1. The summed E-state index contributed by atoms with van der Waals surface area (Å²) in [6.45, 7) is 4.15. The summed E-state index contributed by atoms with van der Waals surface area (Å²) in [6, 6.07) is 6.68. The van der Waals surface area contributed by atoms with Crippen molar-refractivity contribution in [1.82, 2.24) is 14.8 Å². The van der Waals surface area contributed by atoms with Crippen LogP contribution in [0.25, 0.3) is 11.4 Å². The third-order valence-electron chi connectivity index (χ3n) is 5.27. The van der Waals surface area contributed by atoms with Gasteiger partial charge in [-0.3, -0.25) is 4.72 Å². The predicted molar refractivity (Wildman–Crippen MR) is 110 cm³/mol. The fourth-order valence-electron chi connectivity index (χ4n) is 3.78. The van der Waals surface area contributed by atoms with Crippen LogP contribution in [-0.4, -0.2) is 23.2 Å². The predicted octanol–water partition coefficient (Wildman–Crippen LogP) is 4.37. The molecule has 1 aliphatic rings. The van der Waals surface area contributed by atoms with Crippen LogP contribution in [0.5, 0.6) is 0 Å². The first-order valence-electron chi connectivity index (χ1n) is 9.78. The molecule has 9 heteroatoms. The quantitative estimate of drug-likeness (QED) is 0.664. The number of sulfonamides is 1. The summed E-state index contributed by atoms with van der Waals surface area (Å²) in [6.07, 6.45) is 3.66. The second-order valence-corrected chi connectivity index (χ2v) is 9.24. The van der Waals surface area contributed by atoms with E-state index in [0.717, 1.165) is 43.1 Å². The topological polar surface area (TPSA) is 76.9 Å². The maximum Gasteiger partial charge on any atom is 0.262 e. The number of halogens is 2. The molecule has 0 aliphatic carbocycles. The fraction of sp³-hybridized carbons (Fsp3) is 0.333. The van der Waals surface area contributed by atoms with Crippen LogP contribution in [0.3, 0.4) is 0 Å². The second-order valence-electron chi connectivity index (χ2n) is 7.59. The van der Waals surface area contributed by atoms with Gasteiger partial charge in [0, 0.05) is 19.0 Å². The number of aryl methyl sites for hydroxylation is 3. The van der Waals surface area contributed by atoms with E-state index < -0.39 is 21.7 Å². The Morgan fingerprint density at radius 3 is 2.57 bits per heavy atom. The molecule has 0 bridgehead atoms. The Bertz CT molecular complexity index is 1220. The van der Waals surface area contributed by atoms with Gasteiger partial charge in [0.15, 0.2) is 5.82 Å². The molecule has 0 amide bonds.